The minimum Gasteiger partial charge on any atom is -0.493 e. The van der Waals surface area contributed by atoms with Gasteiger partial charge in [0.1, 0.15) is 5.00 Å². The number of carbonyl (C=O) groups is 2. The average Bonchev–Trinajstić information content (AvgIpc) is 3.10. The number of primary amides is 1. The second-order valence-electron chi connectivity index (χ2n) is 6.24. The van der Waals surface area contributed by atoms with Crippen molar-refractivity contribution >= 4 is 28.2 Å². The predicted molar refractivity (Wildman–Crippen MR) is 107 cm³/mol. The zero-order valence-electron chi connectivity index (χ0n) is 16.2. The molecule has 1 aromatic heterocycles. The highest BCUT2D eigenvalue weighted by molar-refractivity contribution is 7.14. The Morgan fingerprint density at radius 3 is 2.48 bits per heavy atom. The Balaban J connectivity index is 2.11. The van der Waals surface area contributed by atoms with Gasteiger partial charge in [0.2, 0.25) is 5.91 Å². The molecule has 2 amide bonds. The number of anilines is 1. The Hall–Kier alpha value is -2.58. The maximum absolute atomic E-state index is 12.6. The Morgan fingerprint density at radius 1 is 1.26 bits per heavy atom. The summed E-state index contributed by atoms with van der Waals surface area (Å²) in [6.07, 6.45) is 0. The van der Waals surface area contributed by atoms with E-state index in [4.69, 9.17) is 15.2 Å². The lowest BCUT2D eigenvalue weighted by atomic mass is 10.1. The Labute approximate surface area is 163 Å². The average molecular weight is 391 g/mol. The molecular weight excluding hydrogens is 366 g/mol. The first-order valence-electron chi connectivity index (χ1n) is 8.38. The third-order valence-corrected chi connectivity index (χ3v) is 5.30. The van der Waals surface area contributed by atoms with Gasteiger partial charge in [0.05, 0.1) is 25.8 Å². The van der Waals surface area contributed by atoms with E-state index in [9.17, 15) is 9.59 Å². The summed E-state index contributed by atoms with van der Waals surface area (Å²) in [4.78, 5) is 25.9. The number of thiophene rings is 1. The van der Waals surface area contributed by atoms with Gasteiger partial charge in [-0.25, -0.2) is 0 Å². The highest BCUT2D eigenvalue weighted by atomic mass is 32.1. The highest BCUT2D eigenvalue weighted by Gasteiger charge is 2.22. The van der Waals surface area contributed by atoms with Gasteiger partial charge < -0.3 is 20.5 Å². The molecule has 1 heterocycles. The van der Waals surface area contributed by atoms with E-state index in [2.05, 4.69) is 5.32 Å². The van der Waals surface area contributed by atoms with Crippen LogP contribution in [0.3, 0.4) is 0 Å². The molecule has 2 rings (SSSR count). The molecule has 27 heavy (non-hydrogen) atoms. The zero-order valence-corrected chi connectivity index (χ0v) is 17.0. The molecule has 0 bridgehead atoms. The van der Waals surface area contributed by atoms with Crippen LogP contribution in [0.2, 0.25) is 0 Å². The fraction of sp³-hybridized carbons (Fsp3) is 0.368. The van der Waals surface area contributed by atoms with E-state index in [1.165, 1.54) is 11.3 Å². The summed E-state index contributed by atoms with van der Waals surface area (Å²) in [7, 11) is 5.05. The first-order valence-corrected chi connectivity index (χ1v) is 9.26. The number of carbonyl (C=O) groups excluding carboxylic acids is 2. The minimum atomic E-state index is -0.562. The van der Waals surface area contributed by atoms with Crippen LogP contribution < -0.4 is 20.5 Å². The number of rotatable bonds is 8. The number of likely N-dealkylation sites (N-methyl/N-ethyl adjacent to an activating group) is 1. The normalized spacial score (nSPS) is 11.9. The molecule has 0 spiro atoms. The molecule has 0 unspecified atom stereocenters. The van der Waals surface area contributed by atoms with Gasteiger partial charge in [0.25, 0.3) is 5.91 Å². The third-order valence-electron chi connectivity index (χ3n) is 4.47. The van der Waals surface area contributed by atoms with Gasteiger partial charge in [-0.3, -0.25) is 14.5 Å². The zero-order chi connectivity index (χ0) is 20.1. The van der Waals surface area contributed by atoms with Crippen molar-refractivity contribution in [1.29, 1.82) is 0 Å². The Bertz CT molecular complexity index is 834. The van der Waals surface area contributed by atoms with Crippen molar-refractivity contribution in [3.05, 3.63) is 40.3 Å². The largest absolute Gasteiger partial charge is 0.493 e. The van der Waals surface area contributed by atoms with Crippen LogP contribution >= 0.6 is 11.3 Å². The summed E-state index contributed by atoms with van der Waals surface area (Å²) in [6, 6.07) is 5.02. The SMILES string of the molecule is COc1cc(C)c(CN(C)[C@@H](C)C(=O)Nc2sccc2C(N)=O)cc1OC. The predicted octanol–water partition coefficient (Wildman–Crippen LogP) is 2.63. The van der Waals surface area contributed by atoms with Crippen LogP contribution in [-0.4, -0.2) is 44.0 Å². The number of amides is 2. The van der Waals surface area contributed by atoms with Crippen molar-refractivity contribution in [3.8, 4) is 11.5 Å². The number of benzene rings is 1. The van der Waals surface area contributed by atoms with Crippen molar-refractivity contribution in [3.63, 3.8) is 0 Å². The van der Waals surface area contributed by atoms with E-state index in [-0.39, 0.29) is 5.91 Å². The van der Waals surface area contributed by atoms with Crippen molar-refractivity contribution in [1.82, 2.24) is 4.90 Å². The molecule has 3 N–H and O–H groups in total. The molecule has 0 saturated heterocycles. The van der Waals surface area contributed by atoms with Crippen LogP contribution in [0, 0.1) is 6.92 Å². The Morgan fingerprint density at radius 2 is 1.89 bits per heavy atom. The number of methoxy groups -OCH3 is 2. The lowest BCUT2D eigenvalue weighted by molar-refractivity contribution is -0.120. The van der Waals surface area contributed by atoms with Crippen LogP contribution in [-0.2, 0) is 11.3 Å². The first-order chi connectivity index (χ1) is 12.8. The second-order valence-corrected chi connectivity index (χ2v) is 7.16. The van der Waals surface area contributed by atoms with E-state index in [0.717, 1.165) is 11.1 Å². The molecule has 0 aliphatic rings. The minimum absolute atomic E-state index is 0.208. The van der Waals surface area contributed by atoms with E-state index in [1.807, 2.05) is 37.9 Å². The van der Waals surface area contributed by atoms with Crippen LogP contribution in [0.1, 0.15) is 28.4 Å². The number of nitrogens with one attached hydrogen (secondary N) is 1. The first kappa shape index (κ1) is 20.7. The van der Waals surface area contributed by atoms with Crippen LogP contribution in [0.25, 0.3) is 0 Å². The van der Waals surface area contributed by atoms with Crippen molar-refractivity contribution in [2.75, 3.05) is 26.6 Å². The van der Waals surface area contributed by atoms with Crippen LogP contribution in [0.4, 0.5) is 5.00 Å². The van der Waals surface area contributed by atoms with E-state index >= 15 is 0 Å². The molecule has 7 nitrogen and oxygen atoms in total. The summed E-state index contributed by atoms with van der Waals surface area (Å²) in [5.41, 5.74) is 7.72. The van der Waals surface area contributed by atoms with Gasteiger partial charge in [-0.2, -0.15) is 0 Å². The molecule has 0 radical (unpaired) electrons. The lowest BCUT2D eigenvalue weighted by Gasteiger charge is -2.25. The molecule has 0 fully saturated rings. The fourth-order valence-electron chi connectivity index (χ4n) is 2.62. The van der Waals surface area contributed by atoms with Gasteiger partial charge in [0.15, 0.2) is 11.5 Å². The number of hydrogen-bond donors (Lipinski definition) is 2. The smallest absolute Gasteiger partial charge is 0.251 e. The molecule has 146 valence electrons. The van der Waals surface area contributed by atoms with E-state index in [1.54, 1.807) is 25.7 Å². The van der Waals surface area contributed by atoms with Gasteiger partial charge in [-0.05, 0) is 55.6 Å². The molecule has 8 heteroatoms. The second kappa shape index (κ2) is 8.88. The molecule has 2 aromatic rings. The standard InChI is InChI=1S/C19H25N3O4S/c1-11-8-15(25-4)16(26-5)9-13(11)10-22(3)12(2)18(24)21-19-14(17(20)23)6-7-27-19/h6-9,12H,10H2,1-5H3,(H2,20,23)(H,21,24)/t12-/m0/s1. The topological polar surface area (TPSA) is 93.9 Å². The maximum atomic E-state index is 12.6. The molecule has 0 aliphatic carbocycles. The third kappa shape index (κ3) is 4.78. The highest BCUT2D eigenvalue weighted by Crippen LogP contribution is 2.31. The maximum Gasteiger partial charge on any atom is 0.251 e. The summed E-state index contributed by atoms with van der Waals surface area (Å²) < 4.78 is 10.7. The number of nitrogens with zero attached hydrogens (tertiary/aromatic N) is 1. The van der Waals surface area contributed by atoms with Gasteiger partial charge in [-0.1, -0.05) is 0 Å². The van der Waals surface area contributed by atoms with Crippen molar-refractivity contribution in [2.45, 2.75) is 26.4 Å². The molecule has 1 aromatic carbocycles. The number of hydrogen-bond acceptors (Lipinski definition) is 6. The monoisotopic (exact) mass is 391 g/mol. The Kier molecular flexibility index (Phi) is 6.81. The van der Waals surface area contributed by atoms with E-state index < -0.39 is 11.9 Å². The molecule has 0 aliphatic heterocycles. The summed E-state index contributed by atoms with van der Waals surface area (Å²) >= 11 is 1.27. The van der Waals surface area contributed by atoms with Crippen molar-refractivity contribution < 1.29 is 19.1 Å². The number of nitrogens with two attached hydrogens (primary N) is 1. The van der Waals surface area contributed by atoms with Gasteiger partial charge in [-0.15, -0.1) is 11.3 Å². The van der Waals surface area contributed by atoms with Gasteiger partial charge in [0, 0.05) is 6.54 Å². The summed E-state index contributed by atoms with van der Waals surface area (Å²) in [5, 5.41) is 4.97. The molecule has 0 saturated carbocycles. The van der Waals surface area contributed by atoms with Crippen LogP contribution in [0.5, 0.6) is 11.5 Å². The fourth-order valence-corrected chi connectivity index (χ4v) is 3.41. The quantitative estimate of drug-likeness (QED) is 0.721. The number of ether oxygens (including phenoxy) is 2. The molecule has 1 atom stereocenters. The van der Waals surface area contributed by atoms with Gasteiger partial charge >= 0.3 is 0 Å². The molecular formula is C19H25N3O4S. The lowest BCUT2D eigenvalue weighted by Crippen LogP contribution is -2.39. The number of aryl methyl sites for hydroxylation is 1. The summed E-state index contributed by atoms with van der Waals surface area (Å²) in [6.45, 7) is 4.34. The van der Waals surface area contributed by atoms with Crippen molar-refractivity contribution in [2.24, 2.45) is 5.73 Å². The van der Waals surface area contributed by atoms with E-state index in [0.29, 0.717) is 28.6 Å². The van der Waals surface area contributed by atoms with Crippen LogP contribution in [0.15, 0.2) is 23.6 Å². The summed E-state index contributed by atoms with van der Waals surface area (Å²) in [5.74, 6) is 0.547.